The first-order valence-corrected chi connectivity index (χ1v) is 6.14. The average Bonchev–Trinajstić information content (AvgIpc) is 2.40. The van der Waals surface area contributed by atoms with Crippen molar-refractivity contribution in [3.05, 3.63) is 33.8 Å². The summed E-state index contributed by atoms with van der Waals surface area (Å²) >= 11 is 3.15. The molecular formula is C13H12BrNO4. The van der Waals surface area contributed by atoms with Gasteiger partial charge in [0.05, 0.1) is 11.1 Å². The molecule has 1 rings (SSSR count). The van der Waals surface area contributed by atoms with Crippen LogP contribution in [0.1, 0.15) is 5.56 Å². The zero-order valence-corrected chi connectivity index (χ0v) is 11.8. The lowest BCUT2D eigenvalue weighted by atomic mass is 10.1. The standard InChI is InChI=1S/C13H12BrNO4/c1-18-4-5-19-13(17)10(8-15)6-9-2-3-12(16)11(14)7-9/h2-3,6-7,16H,4-5H2,1H3/b10-6+. The van der Waals surface area contributed by atoms with Gasteiger partial charge in [-0.25, -0.2) is 4.79 Å². The third-order valence-corrected chi connectivity index (χ3v) is 2.78. The molecule has 0 saturated heterocycles. The van der Waals surface area contributed by atoms with Crippen molar-refractivity contribution in [2.75, 3.05) is 20.3 Å². The number of phenols is 1. The average molecular weight is 326 g/mol. The topological polar surface area (TPSA) is 79.5 Å². The predicted octanol–water partition coefficient (Wildman–Crippen LogP) is 2.25. The van der Waals surface area contributed by atoms with E-state index in [1.165, 1.54) is 19.3 Å². The Morgan fingerprint density at radius 3 is 2.84 bits per heavy atom. The molecule has 0 aliphatic heterocycles. The van der Waals surface area contributed by atoms with Crippen LogP contribution in [-0.4, -0.2) is 31.4 Å². The van der Waals surface area contributed by atoms with E-state index in [9.17, 15) is 9.90 Å². The van der Waals surface area contributed by atoms with Crippen molar-refractivity contribution in [1.29, 1.82) is 5.26 Å². The Kier molecular flexibility index (Phi) is 6.06. The summed E-state index contributed by atoms with van der Waals surface area (Å²) in [6.07, 6.45) is 1.39. The minimum Gasteiger partial charge on any atom is -0.507 e. The molecular weight excluding hydrogens is 314 g/mol. The Morgan fingerprint density at radius 2 is 2.26 bits per heavy atom. The maximum atomic E-state index is 11.6. The Balaban J connectivity index is 2.84. The van der Waals surface area contributed by atoms with Gasteiger partial charge in [-0.3, -0.25) is 0 Å². The van der Waals surface area contributed by atoms with Crippen LogP contribution in [-0.2, 0) is 14.3 Å². The van der Waals surface area contributed by atoms with Crippen LogP contribution >= 0.6 is 15.9 Å². The summed E-state index contributed by atoms with van der Waals surface area (Å²) in [5.74, 6) is -0.623. The Bertz CT molecular complexity index is 534. The van der Waals surface area contributed by atoms with Gasteiger partial charge in [-0.1, -0.05) is 6.07 Å². The molecule has 5 nitrogen and oxygen atoms in total. The summed E-state index contributed by atoms with van der Waals surface area (Å²) in [6, 6.07) is 6.41. The number of hydrogen-bond acceptors (Lipinski definition) is 5. The maximum absolute atomic E-state index is 11.6. The van der Waals surface area contributed by atoms with E-state index >= 15 is 0 Å². The number of rotatable bonds is 5. The summed E-state index contributed by atoms with van der Waals surface area (Å²) in [5.41, 5.74) is 0.485. The second-order valence-electron chi connectivity index (χ2n) is 3.51. The number of carbonyl (C=O) groups is 1. The molecule has 1 aromatic rings. The van der Waals surface area contributed by atoms with E-state index < -0.39 is 5.97 Å². The number of esters is 1. The third-order valence-electron chi connectivity index (χ3n) is 2.14. The van der Waals surface area contributed by atoms with Crippen LogP contribution in [0.4, 0.5) is 0 Å². The fraction of sp³-hybridized carbons (Fsp3) is 0.231. The number of phenolic OH excluding ortho intramolecular Hbond substituents is 1. The molecule has 0 amide bonds. The van der Waals surface area contributed by atoms with E-state index in [0.717, 1.165) is 0 Å². The number of carbonyl (C=O) groups excluding carboxylic acids is 1. The molecule has 1 N–H and O–H groups in total. The minimum absolute atomic E-state index is 0.0818. The quantitative estimate of drug-likeness (QED) is 0.388. The van der Waals surface area contributed by atoms with Gasteiger partial charge in [0.2, 0.25) is 0 Å². The van der Waals surface area contributed by atoms with Crippen molar-refractivity contribution in [3.8, 4) is 11.8 Å². The number of aromatic hydroxyl groups is 1. The van der Waals surface area contributed by atoms with Gasteiger partial charge in [0.15, 0.2) is 0 Å². The van der Waals surface area contributed by atoms with Gasteiger partial charge in [0.25, 0.3) is 0 Å². The molecule has 0 fully saturated rings. The van der Waals surface area contributed by atoms with Gasteiger partial charge in [-0.05, 0) is 39.7 Å². The van der Waals surface area contributed by atoms with Gasteiger partial charge in [-0.2, -0.15) is 5.26 Å². The summed E-state index contributed by atoms with van der Waals surface area (Å²) in [4.78, 5) is 11.6. The first-order chi connectivity index (χ1) is 9.08. The molecule has 0 aliphatic carbocycles. The van der Waals surface area contributed by atoms with Crippen LogP contribution in [0, 0.1) is 11.3 Å². The number of methoxy groups -OCH3 is 1. The first-order valence-electron chi connectivity index (χ1n) is 5.35. The van der Waals surface area contributed by atoms with E-state index in [1.54, 1.807) is 18.2 Å². The van der Waals surface area contributed by atoms with Gasteiger partial charge in [0.1, 0.15) is 24.0 Å². The molecule has 0 aromatic heterocycles. The van der Waals surface area contributed by atoms with Crippen LogP contribution in [0.3, 0.4) is 0 Å². The van der Waals surface area contributed by atoms with Crippen LogP contribution in [0.15, 0.2) is 28.2 Å². The second kappa shape index (κ2) is 7.56. The van der Waals surface area contributed by atoms with Crippen molar-refractivity contribution >= 4 is 28.0 Å². The summed E-state index contributed by atoms with van der Waals surface area (Å²) < 4.78 is 10.1. The summed E-state index contributed by atoms with van der Waals surface area (Å²) in [6.45, 7) is 0.364. The Labute approximate surface area is 119 Å². The molecule has 0 atom stereocenters. The lowest BCUT2D eigenvalue weighted by Crippen LogP contribution is -2.11. The van der Waals surface area contributed by atoms with Crippen molar-refractivity contribution < 1.29 is 19.4 Å². The predicted molar refractivity (Wildman–Crippen MR) is 72.2 cm³/mol. The highest BCUT2D eigenvalue weighted by molar-refractivity contribution is 9.10. The summed E-state index contributed by atoms with van der Waals surface area (Å²) in [7, 11) is 1.49. The molecule has 19 heavy (non-hydrogen) atoms. The monoisotopic (exact) mass is 325 g/mol. The number of nitriles is 1. The van der Waals surface area contributed by atoms with Crippen LogP contribution in [0.2, 0.25) is 0 Å². The molecule has 0 aliphatic rings. The third kappa shape index (κ3) is 4.73. The first kappa shape index (κ1) is 15.2. The van der Waals surface area contributed by atoms with Gasteiger partial charge in [-0.15, -0.1) is 0 Å². The van der Waals surface area contributed by atoms with Crippen LogP contribution < -0.4 is 0 Å². The SMILES string of the molecule is COCCOC(=O)/C(C#N)=C/c1ccc(O)c(Br)c1. The van der Waals surface area contributed by atoms with E-state index in [4.69, 9.17) is 14.7 Å². The van der Waals surface area contributed by atoms with Gasteiger partial charge < -0.3 is 14.6 Å². The van der Waals surface area contributed by atoms with Crippen molar-refractivity contribution in [2.24, 2.45) is 0 Å². The normalized spacial score (nSPS) is 10.9. The van der Waals surface area contributed by atoms with Crippen molar-refractivity contribution in [2.45, 2.75) is 0 Å². The highest BCUT2D eigenvalue weighted by Gasteiger charge is 2.10. The zero-order chi connectivity index (χ0) is 14.3. The molecule has 0 bridgehead atoms. The molecule has 0 spiro atoms. The fourth-order valence-corrected chi connectivity index (χ4v) is 1.61. The lowest BCUT2D eigenvalue weighted by molar-refractivity contribution is -0.139. The van der Waals surface area contributed by atoms with Gasteiger partial charge >= 0.3 is 5.97 Å². The van der Waals surface area contributed by atoms with E-state index in [1.807, 2.05) is 0 Å². The molecule has 0 saturated carbocycles. The molecule has 0 heterocycles. The van der Waals surface area contributed by atoms with Crippen LogP contribution in [0.5, 0.6) is 5.75 Å². The number of hydrogen-bond donors (Lipinski definition) is 1. The molecule has 0 unspecified atom stereocenters. The largest absolute Gasteiger partial charge is 0.507 e. The number of halogens is 1. The van der Waals surface area contributed by atoms with E-state index in [-0.39, 0.29) is 24.5 Å². The van der Waals surface area contributed by atoms with Gasteiger partial charge in [0, 0.05) is 7.11 Å². The number of ether oxygens (including phenoxy) is 2. The summed E-state index contributed by atoms with van der Waals surface area (Å²) in [5, 5.41) is 18.3. The smallest absolute Gasteiger partial charge is 0.348 e. The second-order valence-corrected chi connectivity index (χ2v) is 4.36. The highest BCUT2D eigenvalue weighted by atomic mass is 79.9. The molecule has 100 valence electrons. The molecule has 1 aromatic carbocycles. The molecule has 6 heteroatoms. The van der Waals surface area contributed by atoms with E-state index in [0.29, 0.717) is 10.0 Å². The minimum atomic E-state index is -0.705. The number of nitrogens with zero attached hydrogens (tertiary/aromatic N) is 1. The lowest BCUT2D eigenvalue weighted by Gasteiger charge is -2.03. The van der Waals surface area contributed by atoms with Crippen LogP contribution in [0.25, 0.3) is 6.08 Å². The van der Waals surface area contributed by atoms with E-state index in [2.05, 4.69) is 15.9 Å². The zero-order valence-electron chi connectivity index (χ0n) is 10.2. The fourth-order valence-electron chi connectivity index (χ4n) is 1.21. The number of benzene rings is 1. The maximum Gasteiger partial charge on any atom is 0.348 e. The highest BCUT2D eigenvalue weighted by Crippen LogP contribution is 2.25. The van der Waals surface area contributed by atoms with Crippen molar-refractivity contribution in [1.82, 2.24) is 0 Å². The Hall–Kier alpha value is -1.84. The molecule has 0 radical (unpaired) electrons. The van der Waals surface area contributed by atoms with Crippen molar-refractivity contribution in [3.63, 3.8) is 0 Å². The Morgan fingerprint density at radius 1 is 1.53 bits per heavy atom.